The summed E-state index contributed by atoms with van der Waals surface area (Å²) in [5.41, 5.74) is 12.0. The molecule has 3 rings (SSSR count). The number of rotatable bonds is 8. The maximum atomic E-state index is 11.8. The van der Waals surface area contributed by atoms with Crippen LogP contribution < -0.4 is 11.1 Å². The molecule has 0 atom stereocenters. The standard InChI is InChI=1S/C27H28N2O2/c1-2-25(21-6-4-3-5-7-21)27(23-13-15-24(30)16-14-23)22-11-8-20(9-12-22)10-17-26(31)29-19-18-28/h3-17,30H,2,18-19,28H2,1H3,(H,29,31)/b17-10+,27-25-. The Balaban J connectivity index is 2.00. The molecule has 158 valence electrons. The summed E-state index contributed by atoms with van der Waals surface area (Å²) < 4.78 is 0. The number of carbonyl (C=O) groups is 1. The first-order chi connectivity index (χ1) is 15.1. The molecule has 0 aromatic heterocycles. The van der Waals surface area contributed by atoms with Gasteiger partial charge in [-0.1, -0.05) is 73.7 Å². The molecular formula is C27H28N2O2. The molecule has 0 fully saturated rings. The van der Waals surface area contributed by atoms with Gasteiger partial charge in [-0.3, -0.25) is 4.79 Å². The number of benzene rings is 3. The fraction of sp³-hybridized carbons (Fsp3) is 0.148. The Bertz CT molecular complexity index is 1050. The van der Waals surface area contributed by atoms with Gasteiger partial charge in [0, 0.05) is 19.2 Å². The van der Waals surface area contributed by atoms with Crippen molar-refractivity contribution in [1.29, 1.82) is 0 Å². The quantitative estimate of drug-likeness (QED) is 0.366. The molecule has 0 saturated carbocycles. The number of allylic oxidation sites excluding steroid dienone is 1. The molecule has 4 N–H and O–H groups in total. The van der Waals surface area contributed by atoms with Crippen LogP contribution >= 0.6 is 0 Å². The molecule has 0 radical (unpaired) electrons. The second kappa shape index (κ2) is 11.0. The molecule has 0 heterocycles. The molecule has 3 aromatic carbocycles. The highest BCUT2D eigenvalue weighted by molar-refractivity contribution is 5.98. The van der Waals surface area contributed by atoms with Gasteiger partial charge >= 0.3 is 0 Å². The van der Waals surface area contributed by atoms with Crippen molar-refractivity contribution in [2.75, 3.05) is 13.1 Å². The van der Waals surface area contributed by atoms with Crippen molar-refractivity contribution in [3.05, 3.63) is 107 Å². The lowest BCUT2D eigenvalue weighted by molar-refractivity contribution is -0.116. The Morgan fingerprint density at radius 1 is 0.903 bits per heavy atom. The van der Waals surface area contributed by atoms with Crippen molar-refractivity contribution >= 4 is 23.1 Å². The van der Waals surface area contributed by atoms with Crippen LogP contribution in [0.5, 0.6) is 5.75 Å². The first-order valence-corrected chi connectivity index (χ1v) is 10.5. The van der Waals surface area contributed by atoms with E-state index in [4.69, 9.17) is 5.73 Å². The zero-order valence-corrected chi connectivity index (χ0v) is 17.7. The maximum Gasteiger partial charge on any atom is 0.244 e. The predicted octanol–water partition coefficient (Wildman–Crippen LogP) is 4.85. The van der Waals surface area contributed by atoms with Gasteiger partial charge in [0.05, 0.1) is 0 Å². The van der Waals surface area contributed by atoms with Crippen LogP contribution in [0.15, 0.2) is 84.9 Å². The number of phenols is 1. The van der Waals surface area contributed by atoms with E-state index < -0.39 is 0 Å². The smallest absolute Gasteiger partial charge is 0.244 e. The molecule has 0 unspecified atom stereocenters. The van der Waals surface area contributed by atoms with Crippen LogP contribution in [0.3, 0.4) is 0 Å². The molecule has 0 aliphatic heterocycles. The van der Waals surface area contributed by atoms with E-state index in [-0.39, 0.29) is 11.7 Å². The van der Waals surface area contributed by atoms with Crippen LogP contribution in [0.25, 0.3) is 17.2 Å². The summed E-state index contributed by atoms with van der Waals surface area (Å²) in [6, 6.07) is 25.8. The Labute approximate surface area is 183 Å². The van der Waals surface area contributed by atoms with Gasteiger partial charge < -0.3 is 16.2 Å². The van der Waals surface area contributed by atoms with Crippen molar-refractivity contribution in [1.82, 2.24) is 5.32 Å². The van der Waals surface area contributed by atoms with E-state index in [1.807, 2.05) is 42.5 Å². The third kappa shape index (κ3) is 5.93. The zero-order valence-electron chi connectivity index (χ0n) is 17.7. The van der Waals surface area contributed by atoms with Crippen LogP contribution in [0.1, 0.15) is 35.6 Å². The highest BCUT2D eigenvalue weighted by Crippen LogP contribution is 2.35. The molecule has 4 nitrogen and oxygen atoms in total. The van der Waals surface area contributed by atoms with Crippen molar-refractivity contribution in [2.24, 2.45) is 5.73 Å². The summed E-state index contributed by atoms with van der Waals surface area (Å²) in [6.07, 6.45) is 4.17. The van der Waals surface area contributed by atoms with Gasteiger partial charge in [0.15, 0.2) is 0 Å². The Kier molecular flexibility index (Phi) is 7.79. The fourth-order valence-corrected chi connectivity index (χ4v) is 3.49. The van der Waals surface area contributed by atoms with Crippen LogP contribution in [-0.4, -0.2) is 24.1 Å². The van der Waals surface area contributed by atoms with Gasteiger partial charge in [-0.05, 0) is 58.0 Å². The molecule has 4 heteroatoms. The van der Waals surface area contributed by atoms with Crippen LogP contribution in [0.4, 0.5) is 0 Å². The highest BCUT2D eigenvalue weighted by Gasteiger charge is 2.13. The number of aromatic hydroxyl groups is 1. The van der Waals surface area contributed by atoms with Gasteiger partial charge in [0.25, 0.3) is 0 Å². The molecule has 3 aromatic rings. The molecule has 0 spiro atoms. The Morgan fingerprint density at radius 3 is 2.10 bits per heavy atom. The Hall–Kier alpha value is -3.63. The monoisotopic (exact) mass is 412 g/mol. The molecule has 0 aliphatic rings. The minimum atomic E-state index is -0.156. The largest absolute Gasteiger partial charge is 0.508 e. The van der Waals surface area contributed by atoms with Gasteiger partial charge in [-0.2, -0.15) is 0 Å². The van der Waals surface area contributed by atoms with Crippen molar-refractivity contribution in [3.8, 4) is 5.75 Å². The fourth-order valence-electron chi connectivity index (χ4n) is 3.49. The van der Waals surface area contributed by atoms with Crippen molar-refractivity contribution in [2.45, 2.75) is 13.3 Å². The molecule has 31 heavy (non-hydrogen) atoms. The van der Waals surface area contributed by atoms with E-state index in [1.54, 1.807) is 18.2 Å². The average molecular weight is 413 g/mol. The topological polar surface area (TPSA) is 75.3 Å². The van der Waals surface area contributed by atoms with E-state index in [0.717, 1.165) is 28.7 Å². The number of nitrogens with two attached hydrogens (primary N) is 1. The van der Waals surface area contributed by atoms with Crippen molar-refractivity contribution < 1.29 is 9.90 Å². The van der Waals surface area contributed by atoms with Crippen LogP contribution in [-0.2, 0) is 4.79 Å². The van der Waals surface area contributed by atoms with E-state index in [2.05, 4.69) is 36.5 Å². The van der Waals surface area contributed by atoms with E-state index in [0.29, 0.717) is 13.1 Å². The normalized spacial score (nSPS) is 11.9. The SMILES string of the molecule is CC/C(=C(/c1ccc(O)cc1)c1ccc(/C=C/C(=O)NCCN)cc1)c1ccccc1. The number of hydrogen-bond acceptors (Lipinski definition) is 3. The summed E-state index contributed by atoms with van der Waals surface area (Å²) >= 11 is 0. The van der Waals surface area contributed by atoms with Crippen molar-refractivity contribution in [3.63, 3.8) is 0 Å². The van der Waals surface area contributed by atoms with Gasteiger partial charge in [-0.15, -0.1) is 0 Å². The zero-order chi connectivity index (χ0) is 22.1. The highest BCUT2D eigenvalue weighted by atomic mass is 16.3. The summed E-state index contributed by atoms with van der Waals surface area (Å²) in [4.78, 5) is 11.8. The molecule has 0 bridgehead atoms. The van der Waals surface area contributed by atoms with Gasteiger partial charge in [-0.25, -0.2) is 0 Å². The summed E-state index contributed by atoms with van der Waals surface area (Å²) in [5.74, 6) is 0.0887. The lowest BCUT2D eigenvalue weighted by Crippen LogP contribution is -2.27. The van der Waals surface area contributed by atoms with E-state index in [9.17, 15) is 9.90 Å². The summed E-state index contributed by atoms with van der Waals surface area (Å²) in [7, 11) is 0. The van der Waals surface area contributed by atoms with E-state index >= 15 is 0 Å². The third-order valence-corrected chi connectivity index (χ3v) is 5.00. The number of carbonyl (C=O) groups excluding carboxylic acids is 1. The number of hydrogen-bond donors (Lipinski definition) is 3. The summed E-state index contributed by atoms with van der Waals surface area (Å²) in [6.45, 7) is 3.03. The Morgan fingerprint density at radius 2 is 1.52 bits per heavy atom. The molecule has 0 aliphatic carbocycles. The molecule has 0 saturated heterocycles. The van der Waals surface area contributed by atoms with Gasteiger partial charge in [0.1, 0.15) is 5.75 Å². The van der Waals surface area contributed by atoms with Crippen LogP contribution in [0.2, 0.25) is 0 Å². The third-order valence-electron chi connectivity index (χ3n) is 5.00. The second-order valence-electron chi connectivity index (χ2n) is 7.16. The predicted molar refractivity (Wildman–Crippen MR) is 128 cm³/mol. The van der Waals surface area contributed by atoms with E-state index in [1.165, 1.54) is 17.2 Å². The number of phenolic OH excluding ortho intramolecular Hbond substituents is 1. The first kappa shape index (κ1) is 22.1. The average Bonchev–Trinajstić information content (AvgIpc) is 2.81. The minimum Gasteiger partial charge on any atom is -0.508 e. The molecule has 1 amide bonds. The summed E-state index contributed by atoms with van der Waals surface area (Å²) in [5, 5.41) is 12.5. The maximum absolute atomic E-state index is 11.8. The van der Waals surface area contributed by atoms with Gasteiger partial charge in [0.2, 0.25) is 5.91 Å². The lowest BCUT2D eigenvalue weighted by atomic mass is 9.88. The molecular weight excluding hydrogens is 384 g/mol. The minimum absolute atomic E-state index is 0.156. The number of amides is 1. The van der Waals surface area contributed by atoms with Crippen LogP contribution in [0, 0.1) is 0 Å². The lowest BCUT2D eigenvalue weighted by Gasteiger charge is -2.16. The second-order valence-corrected chi connectivity index (χ2v) is 7.16. The number of nitrogens with one attached hydrogen (secondary N) is 1. The first-order valence-electron chi connectivity index (χ1n) is 10.5.